The Balaban J connectivity index is 1.29. The minimum absolute atomic E-state index is 0.112. The summed E-state index contributed by atoms with van der Waals surface area (Å²) in [4.78, 5) is 18.1. The maximum Gasteiger partial charge on any atom is 0.251 e. The van der Waals surface area contributed by atoms with E-state index in [4.69, 9.17) is 9.47 Å². The van der Waals surface area contributed by atoms with E-state index < -0.39 is 9.84 Å². The van der Waals surface area contributed by atoms with E-state index in [0.29, 0.717) is 36.1 Å². The summed E-state index contributed by atoms with van der Waals surface area (Å²) in [5.74, 6) is -0.399. The average Bonchev–Trinajstić information content (AvgIpc) is 3.17. The van der Waals surface area contributed by atoms with Crippen LogP contribution in [0, 0.1) is 0 Å². The minimum Gasteiger partial charge on any atom is -0.381 e. The molecule has 0 aromatic heterocycles. The van der Waals surface area contributed by atoms with E-state index in [-0.39, 0.29) is 23.0 Å². The first-order valence-corrected chi connectivity index (χ1v) is 17.0. The first kappa shape index (κ1) is 31.9. The number of carbonyl (C=O) groups is 1. The Morgan fingerprint density at radius 1 is 0.977 bits per heavy atom. The molecule has 1 amide bonds. The van der Waals surface area contributed by atoms with Crippen LogP contribution in [-0.2, 0) is 30.7 Å². The first-order chi connectivity index (χ1) is 21.2. The van der Waals surface area contributed by atoms with E-state index in [1.165, 1.54) is 5.56 Å². The molecule has 0 spiro atoms. The van der Waals surface area contributed by atoms with Crippen LogP contribution in [0.2, 0.25) is 0 Å². The van der Waals surface area contributed by atoms with Crippen LogP contribution in [0.4, 0.5) is 11.4 Å². The van der Waals surface area contributed by atoms with Gasteiger partial charge < -0.3 is 19.7 Å². The Hall–Kier alpha value is -3.50. The van der Waals surface area contributed by atoms with Crippen molar-refractivity contribution in [2.24, 2.45) is 0 Å². The smallest absolute Gasteiger partial charge is 0.251 e. The number of anilines is 2. The van der Waals surface area contributed by atoms with Crippen molar-refractivity contribution in [1.82, 2.24) is 4.90 Å². The zero-order valence-corrected chi connectivity index (χ0v) is 26.7. The zero-order valence-electron chi connectivity index (χ0n) is 25.9. The fourth-order valence-corrected chi connectivity index (χ4v) is 7.21. The number of nitrogens with one attached hydrogen (secondary N) is 1. The molecular formula is C35H43N3O5S. The molecule has 0 radical (unpaired) electrons. The van der Waals surface area contributed by atoms with Gasteiger partial charge in [0.25, 0.3) is 5.91 Å². The lowest BCUT2D eigenvalue weighted by molar-refractivity contribution is -0.112. The Bertz CT molecular complexity index is 1560. The lowest BCUT2D eigenvalue weighted by Gasteiger charge is -2.31. The van der Waals surface area contributed by atoms with Crippen LogP contribution >= 0.6 is 0 Å². The monoisotopic (exact) mass is 617 g/mol. The highest BCUT2D eigenvalue weighted by Gasteiger charge is 2.25. The number of sulfone groups is 1. The van der Waals surface area contributed by atoms with Gasteiger partial charge in [0, 0.05) is 62.9 Å². The maximum atomic E-state index is 13.4. The highest BCUT2D eigenvalue weighted by atomic mass is 32.2. The van der Waals surface area contributed by atoms with Gasteiger partial charge in [-0.2, -0.15) is 0 Å². The summed E-state index contributed by atoms with van der Waals surface area (Å²) >= 11 is 0. The van der Waals surface area contributed by atoms with Crippen molar-refractivity contribution in [3.05, 3.63) is 83.4 Å². The molecule has 9 heteroatoms. The van der Waals surface area contributed by atoms with Gasteiger partial charge in [-0.15, -0.1) is 0 Å². The third-order valence-electron chi connectivity index (χ3n) is 8.48. The van der Waals surface area contributed by atoms with Crippen LogP contribution in [0.25, 0.3) is 17.2 Å². The molecule has 234 valence electrons. The first-order valence-electron chi connectivity index (χ1n) is 15.4. The molecule has 0 saturated carbocycles. The summed E-state index contributed by atoms with van der Waals surface area (Å²) in [6.45, 7) is 6.58. The molecule has 0 bridgehead atoms. The van der Waals surface area contributed by atoms with E-state index >= 15 is 0 Å². The number of likely N-dealkylation sites (N-methyl/N-ethyl adjacent to an activating group) is 1. The topological polar surface area (TPSA) is 88.2 Å². The molecule has 2 aliphatic rings. The van der Waals surface area contributed by atoms with E-state index in [2.05, 4.69) is 22.2 Å². The Kier molecular flexibility index (Phi) is 10.5. The second-order valence-electron chi connectivity index (χ2n) is 11.6. The SMILES string of the molecule is CCOCCN(C)c1ccc(-c2ccc3c(c2)C=C(C(=O)Nc2ccc(CN(C)C4CCOCC4)cc2)CCS3(=O)=O)cc1. The predicted molar refractivity (Wildman–Crippen MR) is 177 cm³/mol. The molecule has 1 fully saturated rings. The van der Waals surface area contributed by atoms with Crippen molar-refractivity contribution in [3.63, 3.8) is 0 Å². The van der Waals surface area contributed by atoms with Gasteiger partial charge in [-0.3, -0.25) is 9.69 Å². The summed E-state index contributed by atoms with van der Waals surface area (Å²) in [5, 5.41) is 2.98. The van der Waals surface area contributed by atoms with Crippen molar-refractivity contribution >= 4 is 33.2 Å². The summed E-state index contributed by atoms with van der Waals surface area (Å²) in [6, 6.07) is 21.9. The van der Waals surface area contributed by atoms with Gasteiger partial charge in [0.2, 0.25) is 0 Å². The number of amides is 1. The molecular weight excluding hydrogens is 574 g/mol. The number of nitrogens with zero attached hydrogens (tertiary/aromatic N) is 2. The number of carbonyl (C=O) groups excluding carboxylic acids is 1. The quantitative estimate of drug-likeness (QED) is 0.279. The number of ether oxygens (including phenoxy) is 2. The van der Waals surface area contributed by atoms with E-state index in [0.717, 1.165) is 56.0 Å². The predicted octanol–water partition coefficient (Wildman–Crippen LogP) is 5.64. The van der Waals surface area contributed by atoms with Crippen molar-refractivity contribution in [1.29, 1.82) is 0 Å². The lowest BCUT2D eigenvalue weighted by atomic mass is 10.0. The maximum absolute atomic E-state index is 13.4. The van der Waals surface area contributed by atoms with Crippen LogP contribution < -0.4 is 10.2 Å². The van der Waals surface area contributed by atoms with Gasteiger partial charge >= 0.3 is 0 Å². The molecule has 3 aromatic carbocycles. The van der Waals surface area contributed by atoms with Gasteiger partial charge in [-0.1, -0.05) is 30.3 Å². The molecule has 0 aliphatic carbocycles. The van der Waals surface area contributed by atoms with Crippen LogP contribution in [0.1, 0.15) is 37.3 Å². The zero-order chi connectivity index (χ0) is 31.1. The number of fused-ring (bicyclic) bond motifs is 1. The Labute approximate surface area is 261 Å². The standard InChI is InChI=1S/C35H43N3O5S/c1-4-42-21-18-37(2)32-12-7-27(8-13-32)28-9-14-34-30(23-28)24-29(17-22-44(34,40)41)35(39)36-31-10-5-26(6-11-31)25-38(3)33-15-19-43-20-16-33/h5-14,23-24,33H,4,15-22,25H2,1-3H3,(H,36,39). The molecule has 8 nitrogen and oxygen atoms in total. The molecule has 0 atom stereocenters. The van der Waals surface area contributed by atoms with E-state index in [1.807, 2.05) is 74.6 Å². The molecule has 2 heterocycles. The van der Waals surface area contributed by atoms with Crippen LogP contribution in [0.3, 0.4) is 0 Å². The molecule has 2 aliphatic heterocycles. The number of rotatable bonds is 11. The number of benzene rings is 3. The van der Waals surface area contributed by atoms with Gasteiger partial charge in [-0.05, 0) is 98.0 Å². The fourth-order valence-electron chi connectivity index (χ4n) is 5.75. The lowest BCUT2D eigenvalue weighted by Crippen LogP contribution is -2.36. The largest absolute Gasteiger partial charge is 0.381 e. The highest BCUT2D eigenvalue weighted by Crippen LogP contribution is 2.32. The molecule has 5 rings (SSSR count). The minimum atomic E-state index is -3.54. The fraction of sp³-hybridized carbons (Fsp3) is 0.400. The summed E-state index contributed by atoms with van der Waals surface area (Å²) in [7, 11) is 0.632. The average molecular weight is 618 g/mol. The van der Waals surface area contributed by atoms with Crippen molar-refractivity contribution in [3.8, 4) is 11.1 Å². The van der Waals surface area contributed by atoms with Gasteiger partial charge in [0.1, 0.15) is 0 Å². The van der Waals surface area contributed by atoms with Crippen LogP contribution in [0.5, 0.6) is 0 Å². The summed E-state index contributed by atoms with van der Waals surface area (Å²) in [6.07, 6.45) is 3.96. The second kappa shape index (κ2) is 14.5. The van der Waals surface area contributed by atoms with Crippen molar-refractivity contribution in [2.45, 2.75) is 43.7 Å². The third kappa shape index (κ3) is 7.95. The molecule has 1 N–H and O–H groups in total. The summed E-state index contributed by atoms with van der Waals surface area (Å²) in [5.41, 5.74) is 5.77. The van der Waals surface area contributed by atoms with E-state index in [1.54, 1.807) is 12.1 Å². The van der Waals surface area contributed by atoms with Crippen LogP contribution in [-0.4, -0.2) is 78.1 Å². The number of hydrogen-bond acceptors (Lipinski definition) is 7. The molecule has 3 aromatic rings. The van der Waals surface area contributed by atoms with Gasteiger partial charge in [-0.25, -0.2) is 8.42 Å². The van der Waals surface area contributed by atoms with Crippen molar-refractivity contribution in [2.75, 3.05) is 63.0 Å². The van der Waals surface area contributed by atoms with Crippen molar-refractivity contribution < 1.29 is 22.7 Å². The van der Waals surface area contributed by atoms with Gasteiger partial charge in [0.15, 0.2) is 9.84 Å². The normalized spacial score (nSPS) is 16.6. The van der Waals surface area contributed by atoms with Gasteiger partial charge in [0.05, 0.1) is 17.3 Å². The molecule has 1 saturated heterocycles. The second-order valence-corrected chi connectivity index (χ2v) is 13.6. The molecule has 44 heavy (non-hydrogen) atoms. The molecule has 0 unspecified atom stereocenters. The summed E-state index contributed by atoms with van der Waals surface area (Å²) < 4.78 is 37.2. The third-order valence-corrected chi connectivity index (χ3v) is 10.3. The Morgan fingerprint density at radius 2 is 1.68 bits per heavy atom. The Morgan fingerprint density at radius 3 is 2.39 bits per heavy atom. The number of hydrogen-bond donors (Lipinski definition) is 1. The highest BCUT2D eigenvalue weighted by molar-refractivity contribution is 7.91. The van der Waals surface area contributed by atoms with E-state index in [9.17, 15) is 13.2 Å². The van der Waals surface area contributed by atoms with Crippen LogP contribution in [0.15, 0.2) is 77.2 Å².